The number of aromatic nitrogens is 2. The molecule has 1 aromatic heterocycles. The molecule has 0 saturated heterocycles. The van der Waals surface area contributed by atoms with E-state index in [0.29, 0.717) is 23.0 Å². The topological polar surface area (TPSA) is 67.2 Å². The van der Waals surface area contributed by atoms with Gasteiger partial charge >= 0.3 is 0 Å². The number of hydrogen-bond donors (Lipinski definition) is 1. The van der Waals surface area contributed by atoms with Crippen LogP contribution in [0.15, 0.2) is 71.6 Å². The number of fused-ring (bicyclic) bond motifs is 1. The Morgan fingerprint density at radius 2 is 1.61 bits per heavy atom. The molecular formula is C27H30Cl2N4O2S. The highest BCUT2D eigenvalue weighted by Gasteiger charge is 2.23. The largest absolute Gasteiger partial charge is 0.355 e. The van der Waals surface area contributed by atoms with Gasteiger partial charge in [-0.15, -0.1) is 0 Å². The zero-order chi connectivity index (χ0) is 25.9. The number of sulfonamides is 1. The van der Waals surface area contributed by atoms with Gasteiger partial charge < -0.3 is 4.90 Å². The molecule has 0 fully saturated rings. The Morgan fingerprint density at radius 1 is 0.944 bits per heavy atom. The van der Waals surface area contributed by atoms with Crippen LogP contribution in [0.5, 0.6) is 0 Å². The van der Waals surface area contributed by atoms with Gasteiger partial charge in [0.25, 0.3) is 0 Å². The van der Waals surface area contributed by atoms with Gasteiger partial charge in [-0.05, 0) is 56.2 Å². The van der Waals surface area contributed by atoms with Crippen molar-refractivity contribution in [2.75, 3.05) is 18.0 Å². The second kappa shape index (κ2) is 11.2. The van der Waals surface area contributed by atoms with Gasteiger partial charge in [-0.1, -0.05) is 66.5 Å². The van der Waals surface area contributed by atoms with Gasteiger partial charge in [0, 0.05) is 40.1 Å². The Kier molecular flexibility index (Phi) is 8.25. The summed E-state index contributed by atoms with van der Waals surface area (Å²) in [6, 6.07) is 19.8. The predicted molar refractivity (Wildman–Crippen MR) is 149 cm³/mol. The van der Waals surface area contributed by atoms with Crippen LogP contribution in [-0.4, -0.2) is 31.3 Å². The molecule has 0 aliphatic heterocycles. The van der Waals surface area contributed by atoms with Crippen molar-refractivity contribution < 1.29 is 8.42 Å². The third-order valence-electron chi connectivity index (χ3n) is 6.35. The lowest BCUT2D eigenvalue weighted by Crippen LogP contribution is -2.28. The Balaban J connectivity index is 1.78. The van der Waals surface area contributed by atoms with Crippen LogP contribution in [0.4, 0.5) is 5.82 Å². The second-order valence-electron chi connectivity index (χ2n) is 8.53. The third kappa shape index (κ3) is 5.39. The number of anilines is 1. The van der Waals surface area contributed by atoms with E-state index < -0.39 is 10.0 Å². The van der Waals surface area contributed by atoms with E-state index in [2.05, 4.69) is 9.62 Å². The summed E-state index contributed by atoms with van der Waals surface area (Å²) in [5.74, 6) is 0.727. The molecule has 0 aliphatic rings. The average Bonchev–Trinajstić information content (AvgIpc) is 3.24. The third-order valence-corrected chi connectivity index (χ3v) is 8.53. The van der Waals surface area contributed by atoms with Crippen molar-refractivity contribution in [2.24, 2.45) is 0 Å². The van der Waals surface area contributed by atoms with Crippen LogP contribution in [0.1, 0.15) is 44.4 Å². The zero-order valence-corrected chi connectivity index (χ0v) is 22.9. The van der Waals surface area contributed by atoms with Crippen molar-refractivity contribution in [3.05, 3.63) is 87.9 Å². The Labute approximate surface area is 222 Å². The zero-order valence-electron chi connectivity index (χ0n) is 20.6. The summed E-state index contributed by atoms with van der Waals surface area (Å²) in [7, 11) is -3.78. The van der Waals surface area contributed by atoms with Crippen molar-refractivity contribution in [2.45, 2.75) is 44.7 Å². The fourth-order valence-corrected chi connectivity index (χ4v) is 6.20. The molecule has 0 saturated carbocycles. The van der Waals surface area contributed by atoms with Crippen molar-refractivity contribution >= 4 is 49.9 Å². The highest BCUT2D eigenvalue weighted by molar-refractivity contribution is 7.89. The molecule has 3 aromatic carbocycles. The first-order valence-electron chi connectivity index (χ1n) is 12.0. The van der Waals surface area contributed by atoms with Gasteiger partial charge in [-0.3, -0.25) is 4.68 Å². The summed E-state index contributed by atoms with van der Waals surface area (Å²) in [5.41, 5.74) is 2.50. The van der Waals surface area contributed by atoms with Gasteiger partial charge in [0.1, 0.15) is 0 Å². The van der Waals surface area contributed by atoms with E-state index >= 15 is 0 Å². The maximum absolute atomic E-state index is 13.4. The standard InChI is InChI=1S/C27H30Cl2N4O2S/c1-4-25(19-11-8-7-9-12-19)31-36(34,35)20-15-16-26-21(17-20)27(32(5-2)6-3)30-33(26)18-22-23(28)13-10-14-24(22)29/h7-17,25,31H,4-6,18H2,1-3H3. The van der Waals surface area contributed by atoms with E-state index in [1.165, 1.54) is 0 Å². The van der Waals surface area contributed by atoms with Crippen molar-refractivity contribution in [3.63, 3.8) is 0 Å². The number of rotatable bonds is 10. The SMILES string of the molecule is CCC(NS(=O)(=O)c1ccc2c(c1)c(N(CC)CC)nn2Cc1c(Cl)cccc1Cl)c1ccccc1. The van der Waals surface area contributed by atoms with Gasteiger partial charge in [-0.2, -0.15) is 5.10 Å². The molecule has 1 N–H and O–H groups in total. The minimum absolute atomic E-state index is 0.202. The predicted octanol–water partition coefficient (Wildman–Crippen LogP) is 6.67. The molecule has 6 nitrogen and oxygen atoms in total. The second-order valence-corrected chi connectivity index (χ2v) is 11.1. The fraction of sp³-hybridized carbons (Fsp3) is 0.296. The first kappa shape index (κ1) is 26.5. The molecule has 1 heterocycles. The first-order valence-corrected chi connectivity index (χ1v) is 14.3. The van der Waals surface area contributed by atoms with Crippen LogP contribution in [0.25, 0.3) is 10.9 Å². The number of benzene rings is 3. The molecule has 4 aromatic rings. The molecule has 0 bridgehead atoms. The number of nitrogens with zero attached hydrogens (tertiary/aromatic N) is 3. The Morgan fingerprint density at radius 3 is 2.22 bits per heavy atom. The molecular weight excluding hydrogens is 515 g/mol. The van der Waals surface area contributed by atoms with Crippen LogP contribution in [-0.2, 0) is 16.6 Å². The summed E-state index contributed by atoms with van der Waals surface area (Å²) >= 11 is 12.9. The molecule has 0 spiro atoms. The van der Waals surface area contributed by atoms with Crippen molar-refractivity contribution in [1.82, 2.24) is 14.5 Å². The number of halogens is 2. The van der Waals surface area contributed by atoms with Crippen LogP contribution in [0.3, 0.4) is 0 Å². The van der Waals surface area contributed by atoms with E-state index in [9.17, 15) is 8.42 Å². The summed E-state index contributed by atoms with van der Waals surface area (Å²) in [4.78, 5) is 2.31. The molecule has 9 heteroatoms. The monoisotopic (exact) mass is 544 g/mol. The lowest BCUT2D eigenvalue weighted by molar-refractivity contribution is 0.550. The van der Waals surface area contributed by atoms with Crippen LogP contribution in [0, 0.1) is 0 Å². The Bertz CT molecular complexity index is 1430. The maximum Gasteiger partial charge on any atom is 0.241 e. The summed E-state index contributed by atoms with van der Waals surface area (Å²) < 4.78 is 31.6. The van der Waals surface area contributed by atoms with Crippen molar-refractivity contribution in [3.8, 4) is 0 Å². The smallest absolute Gasteiger partial charge is 0.241 e. The average molecular weight is 546 g/mol. The van der Waals surface area contributed by atoms with Crippen LogP contribution in [0.2, 0.25) is 10.0 Å². The number of nitrogens with one attached hydrogen (secondary N) is 1. The quantitative estimate of drug-likeness (QED) is 0.242. The molecule has 0 aliphatic carbocycles. The maximum atomic E-state index is 13.4. The lowest BCUT2D eigenvalue weighted by Gasteiger charge is -2.19. The first-order chi connectivity index (χ1) is 17.3. The van der Waals surface area contributed by atoms with E-state index in [0.717, 1.165) is 40.9 Å². The molecule has 0 radical (unpaired) electrons. The molecule has 4 rings (SSSR count). The summed E-state index contributed by atoms with van der Waals surface area (Å²) in [6.45, 7) is 7.89. The number of hydrogen-bond acceptors (Lipinski definition) is 4. The minimum atomic E-state index is -3.78. The van der Waals surface area contributed by atoms with E-state index in [-0.39, 0.29) is 10.9 Å². The molecule has 1 unspecified atom stereocenters. The molecule has 190 valence electrons. The van der Waals surface area contributed by atoms with Gasteiger partial charge in [0.05, 0.1) is 17.0 Å². The summed E-state index contributed by atoms with van der Waals surface area (Å²) in [5, 5.41) is 6.75. The van der Waals surface area contributed by atoms with Gasteiger partial charge in [0.2, 0.25) is 10.0 Å². The molecule has 36 heavy (non-hydrogen) atoms. The highest BCUT2D eigenvalue weighted by Crippen LogP contribution is 2.32. The van der Waals surface area contributed by atoms with E-state index in [4.69, 9.17) is 28.3 Å². The summed E-state index contributed by atoms with van der Waals surface area (Å²) in [6.07, 6.45) is 0.632. The highest BCUT2D eigenvalue weighted by atomic mass is 35.5. The van der Waals surface area contributed by atoms with Crippen LogP contribution < -0.4 is 9.62 Å². The van der Waals surface area contributed by atoms with Crippen LogP contribution >= 0.6 is 23.2 Å². The van der Waals surface area contributed by atoms with Gasteiger partial charge in [-0.25, -0.2) is 13.1 Å². The lowest BCUT2D eigenvalue weighted by atomic mass is 10.1. The minimum Gasteiger partial charge on any atom is -0.355 e. The van der Waals surface area contributed by atoms with Crippen molar-refractivity contribution in [1.29, 1.82) is 0 Å². The van der Waals surface area contributed by atoms with E-state index in [1.807, 2.05) is 55.8 Å². The normalized spacial score (nSPS) is 12.7. The molecule has 1 atom stereocenters. The van der Waals surface area contributed by atoms with Gasteiger partial charge in [0.15, 0.2) is 5.82 Å². The fourth-order valence-electron chi connectivity index (χ4n) is 4.35. The van der Waals surface area contributed by atoms with E-state index in [1.54, 1.807) is 36.4 Å². The molecule has 0 amide bonds. The Hall–Kier alpha value is -2.58.